The number of aliphatic hydroxyl groups is 1. The van der Waals surface area contributed by atoms with Crippen LogP contribution in [0.1, 0.15) is 29.8 Å². The highest BCUT2D eigenvalue weighted by Gasteiger charge is 2.71. The lowest BCUT2D eigenvalue weighted by Crippen LogP contribution is -2.53. The lowest BCUT2D eigenvalue weighted by Gasteiger charge is -2.32. The third kappa shape index (κ3) is 5.98. The van der Waals surface area contributed by atoms with Crippen LogP contribution in [-0.4, -0.2) is 44.0 Å². The van der Waals surface area contributed by atoms with Gasteiger partial charge in [0.15, 0.2) is 0 Å². The summed E-state index contributed by atoms with van der Waals surface area (Å²) in [6, 6.07) is 15.3. The van der Waals surface area contributed by atoms with Crippen LogP contribution in [0.15, 0.2) is 77.6 Å². The maximum atomic E-state index is 13.7. The van der Waals surface area contributed by atoms with E-state index in [0.29, 0.717) is 17.7 Å². The molecule has 4 aromatic rings. The average molecular weight is 593 g/mol. The van der Waals surface area contributed by atoms with Gasteiger partial charge in [0.1, 0.15) is 5.82 Å². The SMILES string of the molecule is O=C(O)CCC(=O)Nc1ccc2nc(Cc3ccccc3)n(-c3ccc(C(O)(C(F)(F)F)C(F)(F)F)cc3)c(=O)c2c1. The molecule has 0 aliphatic heterocycles. The van der Waals surface area contributed by atoms with E-state index in [1.807, 2.05) is 0 Å². The number of hydrogen-bond acceptors (Lipinski definition) is 5. The molecule has 1 amide bonds. The number of halogens is 6. The number of nitrogens with one attached hydrogen (secondary N) is 1. The van der Waals surface area contributed by atoms with Crippen LogP contribution in [0, 0.1) is 0 Å². The van der Waals surface area contributed by atoms with Gasteiger partial charge in [0.25, 0.3) is 11.2 Å². The highest BCUT2D eigenvalue weighted by Crippen LogP contribution is 2.50. The van der Waals surface area contributed by atoms with Crippen LogP contribution in [0.4, 0.5) is 32.0 Å². The predicted molar refractivity (Wildman–Crippen MR) is 138 cm³/mol. The maximum Gasteiger partial charge on any atom is 0.430 e. The molecule has 0 saturated carbocycles. The zero-order valence-corrected chi connectivity index (χ0v) is 21.3. The number of carbonyl (C=O) groups excluding carboxylic acids is 1. The molecule has 1 aromatic heterocycles. The Hall–Kier alpha value is -4.72. The minimum atomic E-state index is -6.09. The minimum Gasteiger partial charge on any atom is -0.481 e. The molecule has 0 bridgehead atoms. The molecule has 4 rings (SSSR count). The molecule has 0 unspecified atom stereocenters. The summed E-state index contributed by atoms with van der Waals surface area (Å²) in [5.41, 5.74) is -6.51. The Kier molecular flexibility index (Phi) is 8.12. The van der Waals surface area contributed by atoms with Crippen LogP contribution in [0.3, 0.4) is 0 Å². The molecule has 0 spiro atoms. The fraction of sp³-hybridized carbons (Fsp3) is 0.214. The fourth-order valence-electron chi connectivity index (χ4n) is 4.26. The van der Waals surface area contributed by atoms with Crippen molar-refractivity contribution in [2.75, 3.05) is 5.32 Å². The van der Waals surface area contributed by atoms with E-state index in [-0.39, 0.29) is 40.9 Å². The van der Waals surface area contributed by atoms with Gasteiger partial charge in [-0.25, -0.2) is 4.98 Å². The van der Waals surface area contributed by atoms with Gasteiger partial charge in [-0.15, -0.1) is 0 Å². The molecular formula is C28H21F6N3O5. The third-order valence-corrected chi connectivity index (χ3v) is 6.36. The van der Waals surface area contributed by atoms with E-state index >= 15 is 0 Å². The normalized spacial score (nSPS) is 12.4. The Balaban J connectivity index is 1.84. The van der Waals surface area contributed by atoms with Crippen LogP contribution < -0.4 is 10.9 Å². The lowest BCUT2D eigenvalue weighted by molar-refractivity contribution is -0.376. The van der Waals surface area contributed by atoms with E-state index < -0.39 is 47.4 Å². The van der Waals surface area contributed by atoms with E-state index in [4.69, 9.17) is 5.11 Å². The summed E-state index contributed by atoms with van der Waals surface area (Å²) in [6.45, 7) is 0. The van der Waals surface area contributed by atoms with Crippen LogP contribution in [0.5, 0.6) is 0 Å². The number of amides is 1. The summed E-state index contributed by atoms with van der Waals surface area (Å²) in [4.78, 5) is 41.0. The van der Waals surface area contributed by atoms with Gasteiger partial charge in [-0.2, -0.15) is 26.3 Å². The van der Waals surface area contributed by atoms with Gasteiger partial charge in [0.05, 0.1) is 23.0 Å². The summed E-state index contributed by atoms with van der Waals surface area (Å²) < 4.78 is 81.3. The van der Waals surface area contributed by atoms with Crippen molar-refractivity contribution in [3.8, 4) is 5.69 Å². The van der Waals surface area contributed by atoms with Crippen molar-refractivity contribution in [1.29, 1.82) is 0 Å². The third-order valence-electron chi connectivity index (χ3n) is 6.36. The first-order valence-corrected chi connectivity index (χ1v) is 12.2. The molecule has 0 aliphatic rings. The quantitative estimate of drug-likeness (QED) is 0.245. The molecule has 42 heavy (non-hydrogen) atoms. The molecule has 3 aromatic carbocycles. The van der Waals surface area contributed by atoms with Crippen molar-refractivity contribution in [3.63, 3.8) is 0 Å². The summed E-state index contributed by atoms with van der Waals surface area (Å²) in [5, 5.41) is 20.9. The second kappa shape index (κ2) is 11.3. The number of benzene rings is 3. The van der Waals surface area contributed by atoms with Gasteiger partial charge >= 0.3 is 18.3 Å². The highest BCUT2D eigenvalue weighted by atomic mass is 19.4. The number of aromatic nitrogens is 2. The van der Waals surface area contributed by atoms with Gasteiger partial charge in [-0.05, 0) is 35.9 Å². The second-order valence-corrected chi connectivity index (χ2v) is 9.26. The van der Waals surface area contributed by atoms with Crippen molar-refractivity contribution < 1.29 is 46.1 Å². The Morgan fingerprint density at radius 1 is 0.857 bits per heavy atom. The predicted octanol–water partition coefficient (Wildman–Crippen LogP) is 5.09. The van der Waals surface area contributed by atoms with Crippen molar-refractivity contribution in [3.05, 3.63) is 100 Å². The average Bonchev–Trinajstić information content (AvgIpc) is 2.91. The smallest absolute Gasteiger partial charge is 0.430 e. The number of rotatable bonds is 8. The summed E-state index contributed by atoms with van der Waals surface area (Å²) in [6.07, 6.45) is -12.9. The Labute approximate surface area is 232 Å². The number of anilines is 1. The fourth-order valence-corrected chi connectivity index (χ4v) is 4.26. The second-order valence-electron chi connectivity index (χ2n) is 9.26. The summed E-state index contributed by atoms with van der Waals surface area (Å²) in [7, 11) is 0. The van der Waals surface area contributed by atoms with Gasteiger partial charge in [0, 0.05) is 24.1 Å². The highest BCUT2D eigenvalue weighted by molar-refractivity contribution is 5.94. The summed E-state index contributed by atoms with van der Waals surface area (Å²) >= 11 is 0. The van der Waals surface area contributed by atoms with Gasteiger partial charge < -0.3 is 15.5 Å². The maximum absolute atomic E-state index is 13.7. The Morgan fingerprint density at radius 3 is 2.05 bits per heavy atom. The van der Waals surface area contributed by atoms with E-state index in [1.165, 1.54) is 18.2 Å². The number of carboxylic acid groups (broad SMARTS) is 1. The number of carbonyl (C=O) groups is 2. The van der Waals surface area contributed by atoms with Crippen LogP contribution in [-0.2, 0) is 21.6 Å². The van der Waals surface area contributed by atoms with E-state index in [1.54, 1.807) is 30.3 Å². The number of aliphatic carboxylic acids is 1. The number of nitrogens with zero attached hydrogens (tertiary/aromatic N) is 2. The molecule has 220 valence electrons. The minimum absolute atomic E-state index is 0.0472. The molecular weight excluding hydrogens is 572 g/mol. The number of fused-ring (bicyclic) bond motifs is 1. The molecule has 1 heterocycles. The Bertz CT molecular complexity index is 1670. The molecule has 0 aliphatic carbocycles. The first kappa shape index (κ1) is 30.2. The van der Waals surface area contributed by atoms with Crippen molar-refractivity contribution in [2.24, 2.45) is 0 Å². The van der Waals surface area contributed by atoms with E-state index in [9.17, 15) is 45.8 Å². The van der Waals surface area contributed by atoms with E-state index in [2.05, 4.69) is 10.3 Å². The van der Waals surface area contributed by atoms with Crippen molar-refractivity contribution in [2.45, 2.75) is 37.2 Å². The first-order chi connectivity index (χ1) is 19.6. The monoisotopic (exact) mass is 593 g/mol. The van der Waals surface area contributed by atoms with Gasteiger partial charge in [-0.3, -0.25) is 19.0 Å². The topological polar surface area (TPSA) is 122 Å². The molecule has 14 heteroatoms. The van der Waals surface area contributed by atoms with Crippen LogP contribution in [0.25, 0.3) is 16.6 Å². The number of alkyl halides is 6. The number of carboxylic acids is 1. The molecule has 0 fully saturated rings. The van der Waals surface area contributed by atoms with Gasteiger partial charge in [-0.1, -0.05) is 42.5 Å². The molecule has 3 N–H and O–H groups in total. The summed E-state index contributed by atoms with van der Waals surface area (Å²) in [5.74, 6) is -1.72. The van der Waals surface area contributed by atoms with Crippen LogP contribution in [0.2, 0.25) is 0 Å². The standard InChI is InChI=1S/C28H21F6N3O5/c29-27(30,31)26(42,28(32,33)34)17-6-9-19(10-7-17)37-22(14-16-4-2-1-3-5-16)36-21-11-8-18(15-20(21)25(37)41)35-23(38)12-13-24(39)40/h1-11,15,42H,12-14H2,(H,35,38)(H,39,40). The van der Waals surface area contributed by atoms with Crippen molar-refractivity contribution >= 4 is 28.5 Å². The zero-order chi connectivity index (χ0) is 30.9. The molecule has 0 atom stereocenters. The first-order valence-electron chi connectivity index (χ1n) is 12.2. The Morgan fingerprint density at radius 2 is 1.48 bits per heavy atom. The van der Waals surface area contributed by atoms with E-state index in [0.717, 1.165) is 16.7 Å². The molecule has 0 saturated heterocycles. The largest absolute Gasteiger partial charge is 0.481 e. The lowest BCUT2D eigenvalue weighted by atomic mass is 9.92. The molecule has 8 nitrogen and oxygen atoms in total. The van der Waals surface area contributed by atoms with Gasteiger partial charge in [0.2, 0.25) is 5.91 Å². The zero-order valence-electron chi connectivity index (χ0n) is 21.3. The number of hydrogen-bond donors (Lipinski definition) is 3. The van der Waals surface area contributed by atoms with Crippen molar-refractivity contribution in [1.82, 2.24) is 9.55 Å². The molecule has 0 radical (unpaired) electrons. The van der Waals surface area contributed by atoms with Crippen LogP contribution >= 0.6 is 0 Å².